The van der Waals surface area contributed by atoms with Crippen molar-refractivity contribution in [3.8, 4) is 0 Å². The Morgan fingerprint density at radius 3 is 2.07 bits per heavy atom. The number of hydrogen-bond donors (Lipinski definition) is 0. The van der Waals surface area contributed by atoms with Gasteiger partial charge in [0.1, 0.15) is 5.60 Å². The van der Waals surface area contributed by atoms with Gasteiger partial charge in [-0.25, -0.2) is 9.59 Å². The summed E-state index contributed by atoms with van der Waals surface area (Å²) < 4.78 is 10.3. The fraction of sp³-hybridized carbons (Fsp3) is 0.273. The molecule has 0 aliphatic heterocycles. The summed E-state index contributed by atoms with van der Waals surface area (Å²) >= 11 is 0. The largest absolute Gasteiger partial charge is 0.465 e. The number of carbonyl (C=O) groups excluding carboxylic acids is 2. The first-order chi connectivity index (χ1) is 12.7. The second kappa shape index (κ2) is 8.54. The molecule has 0 spiro atoms. The van der Waals surface area contributed by atoms with E-state index in [9.17, 15) is 9.59 Å². The summed E-state index contributed by atoms with van der Waals surface area (Å²) in [5.74, 6) is -0.431. The molecule has 0 aliphatic rings. The lowest BCUT2D eigenvalue weighted by atomic mass is 10.1. The number of anilines is 1. The highest BCUT2D eigenvalue weighted by Crippen LogP contribution is 2.23. The normalized spacial score (nSPS) is 10.8. The molecule has 0 bridgehead atoms. The Hall–Kier alpha value is -3.08. The first-order valence-corrected chi connectivity index (χ1v) is 8.63. The molecule has 2 aromatic carbocycles. The molecule has 142 valence electrons. The highest BCUT2D eigenvalue weighted by Gasteiger charge is 2.24. The minimum absolute atomic E-state index is 0.260. The minimum Gasteiger partial charge on any atom is -0.465 e. The van der Waals surface area contributed by atoms with Gasteiger partial charge >= 0.3 is 12.1 Å². The maximum Gasteiger partial charge on any atom is 0.415 e. The second-order valence-electron chi connectivity index (χ2n) is 7.07. The highest BCUT2D eigenvalue weighted by molar-refractivity contribution is 5.93. The molecule has 0 saturated carbocycles. The zero-order valence-electron chi connectivity index (χ0n) is 16.2. The number of methoxy groups -OCH3 is 1. The molecular formula is C22H25NO4. The van der Waals surface area contributed by atoms with Crippen molar-refractivity contribution >= 4 is 23.3 Å². The van der Waals surface area contributed by atoms with E-state index in [1.165, 1.54) is 12.0 Å². The SMILES string of the molecule is C=C(CN(C(=O)OC(C)(C)C)c1ccc(C(=O)OC)cc1)c1ccccc1. The van der Waals surface area contributed by atoms with Crippen molar-refractivity contribution in [2.75, 3.05) is 18.6 Å². The molecule has 0 fully saturated rings. The van der Waals surface area contributed by atoms with Crippen LogP contribution >= 0.6 is 0 Å². The highest BCUT2D eigenvalue weighted by atomic mass is 16.6. The number of nitrogens with zero attached hydrogens (tertiary/aromatic N) is 1. The Kier molecular flexibility index (Phi) is 6.40. The monoisotopic (exact) mass is 367 g/mol. The lowest BCUT2D eigenvalue weighted by molar-refractivity contribution is 0.0582. The first kappa shape index (κ1) is 20.2. The van der Waals surface area contributed by atoms with Gasteiger partial charge in [0.25, 0.3) is 0 Å². The van der Waals surface area contributed by atoms with E-state index in [-0.39, 0.29) is 6.54 Å². The summed E-state index contributed by atoms with van der Waals surface area (Å²) in [7, 11) is 1.33. The van der Waals surface area contributed by atoms with Crippen LogP contribution in [0.3, 0.4) is 0 Å². The molecule has 2 aromatic rings. The summed E-state index contributed by atoms with van der Waals surface area (Å²) in [6, 6.07) is 16.3. The molecule has 5 heteroatoms. The van der Waals surface area contributed by atoms with Crippen LogP contribution < -0.4 is 4.90 Å². The Labute approximate surface area is 160 Å². The van der Waals surface area contributed by atoms with E-state index in [1.54, 1.807) is 24.3 Å². The van der Waals surface area contributed by atoms with Crippen molar-refractivity contribution in [3.63, 3.8) is 0 Å². The number of ether oxygens (including phenoxy) is 2. The van der Waals surface area contributed by atoms with Gasteiger partial charge in [-0.2, -0.15) is 0 Å². The van der Waals surface area contributed by atoms with Crippen LogP contribution in [0.1, 0.15) is 36.7 Å². The minimum atomic E-state index is -0.630. The van der Waals surface area contributed by atoms with Crippen LogP contribution in [0.4, 0.5) is 10.5 Å². The molecule has 0 saturated heterocycles. The van der Waals surface area contributed by atoms with E-state index in [4.69, 9.17) is 9.47 Å². The van der Waals surface area contributed by atoms with Crippen molar-refractivity contribution < 1.29 is 19.1 Å². The van der Waals surface area contributed by atoms with Crippen molar-refractivity contribution in [2.24, 2.45) is 0 Å². The molecule has 5 nitrogen and oxygen atoms in total. The summed E-state index contributed by atoms with van der Waals surface area (Å²) in [5.41, 5.74) is 2.10. The van der Waals surface area contributed by atoms with E-state index in [0.29, 0.717) is 11.3 Å². The summed E-state index contributed by atoms with van der Waals surface area (Å²) in [6.07, 6.45) is -0.481. The Morgan fingerprint density at radius 1 is 0.963 bits per heavy atom. The number of benzene rings is 2. The maximum atomic E-state index is 12.8. The van der Waals surface area contributed by atoms with Crippen LogP contribution in [0.2, 0.25) is 0 Å². The van der Waals surface area contributed by atoms with Crippen LogP contribution in [0.25, 0.3) is 5.57 Å². The van der Waals surface area contributed by atoms with Gasteiger partial charge in [0.15, 0.2) is 0 Å². The van der Waals surface area contributed by atoms with Crippen LogP contribution in [-0.4, -0.2) is 31.3 Å². The molecule has 0 N–H and O–H groups in total. The Bertz CT molecular complexity index is 804. The predicted molar refractivity (Wildman–Crippen MR) is 107 cm³/mol. The standard InChI is InChI=1S/C22H25NO4/c1-16(17-9-7-6-8-10-17)15-23(21(25)27-22(2,3)4)19-13-11-18(12-14-19)20(24)26-5/h6-14H,1,15H2,2-5H3. The molecule has 27 heavy (non-hydrogen) atoms. The summed E-state index contributed by atoms with van der Waals surface area (Å²) in [5, 5.41) is 0. The number of esters is 1. The van der Waals surface area contributed by atoms with Gasteiger partial charge in [-0.1, -0.05) is 36.9 Å². The lowest BCUT2D eigenvalue weighted by Crippen LogP contribution is -2.37. The molecular weight excluding hydrogens is 342 g/mol. The predicted octanol–water partition coefficient (Wildman–Crippen LogP) is 4.93. The number of carbonyl (C=O) groups is 2. The van der Waals surface area contributed by atoms with Gasteiger partial charge in [0, 0.05) is 5.69 Å². The van der Waals surface area contributed by atoms with E-state index in [0.717, 1.165) is 11.1 Å². The fourth-order valence-corrected chi connectivity index (χ4v) is 2.43. The first-order valence-electron chi connectivity index (χ1n) is 8.63. The third kappa shape index (κ3) is 5.71. The molecule has 0 aromatic heterocycles. The quantitative estimate of drug-likeness (QED) is 0.703. The molecule has 0 heterocycles. The van der Waals surface area contributed by atoms with Gasteiger partial charge in [-0.3, -0.25) is 4.90 Å². The number of rotatable bonds is 5. The average molecular weight is 367 g/mol. The van der Waals surface area contributed by atoms with Gasteiger partial charge in [-0.15, -0.1) is 0 Å². The van der Waals surface area contributed by atoms with Gasteiger partial charge in [0.05, 0.1) is 19.2 Å². The van der Waals surface area contributed by atoms with Gasteiger partial charge in [-0.05, 0) is 56.2 Å². The van der Waals surface area contributed by atoms with Crippen molar-refractivity contribution in [1.29, 1.82) is 0 Å². The van der Waals surface area contributed by atoms with Crippen molar-refractivity contribution in [3.05, 3.63) is 72.3 Å². The van der Waals surface area contributed by atoms with Crippen LogP contribution in [0, 0.1) is 0 Å². The Balaban J connectivity index is 2.30. The van der Waals surface area contributed by atoms with E-state index >= 15 is 0 Å². The molecule has 2 rings (SSSR count). The number of amides is 1. The number of hydrogen-bond acceptors (Lipinski definition) is 4. The van der Waals surface area contributed by atoms with Crippen molar-refractivity contribution in [1.82, 2.24) is 0 Å². The maximum absolute atomic E-state index is 12.8. The smallest absolute Gasteiger partial charge is 0.415 e. The second-order valence-corrected chi connectivity index (χ2v) is 7.07. The van der Waals surface area contributed by atoms with E-state index in [1.807, 2.05) is 51.1 Å². The van der Waals surface area contributed by atoms with Gasteiger partial charge in [0.2, 0.25) is 0 Å². The van der Waals surface area contributed by atoms with Crippen molar-refractivity contribution in [2.45, 2.75) is 26.4 Å². The van der Waals surface area contributed by atoms with E-state index in [2.05, 4.69) is 6.58 Å². The lowest BCUT2D eigenvalue weighted by Gasteiger charge is -2.28. The van der Waals surface area contributed by atoms with Crippen LogP contribution in [-0.2, 0) is 9.47 Å². The third-order valence-electron chi connectivity index (χ3n) is 3.74. The average Bonchev–Trinajstić information content (AvgIpc) is 2.64. The summed E-state index contributed by atoms with van der Waals surface area (Å²) in [6.45, 7) is 9.81. The molecule has 0 unspecified atom stereocenters. The van der Waals surface area contributed by atoms with Crippen LogP contribution in [0.5, 0.6) is 0 Å². The third-order valence-corrected chi connectivity index (χ3v) is 3.74. The molecule has 0 radical (unpaired) electrons. The van der Waals surface area contributed by atoms with E-state index < -0.39 is 17.7 Å². The fourth-order valence-electron chi connectivity index (χ4n) is 2.43. The van der Waals surface area contributed by atoms with Gasteiger partial charge < -0.3 is 9.47 Å². The zero-order valence-corrected chi connectivity index (χ0v) is 16.2. The molecule has 1 amide bonds. The summed E-state index contributed by atoms with van der Waals surface area (Å²) in [4.78, 5) is 25.9. The van der Waals surface area contributed by atoms with Crippen LogP contribution in [0.15, 0.2) is 61.2 Å². The Morgan fingerprint density at radius 2 is 1.56 bits per heavy atom. The molecule has 0 atom stereocenters. The topological polar surface area (TPSA) is 55.8 Å². The zero-order chi connectivity index (χ0) is 20.0. The molecule has 0 aliphatic carbocycles.